The quantitative estimate of drug-likeness (QED) is 0.349. The van der Waals surface area contributed by atoms with E-state index in [1.54, 1.807) is 32.9 Å². The van der Waals surface area contributed by atoms with Crippen LogP contribution in [0.15, 0.2) is 54.6 Å². The number of hydrogen-bond donors (Lipinski definition) is 3. The fourth-order valence-electron chi connectivity index (χ4n) is 3.93. The van der Waals surface area contributed by atoms with E-state index in [-0.39, 0.29) is 12.5 Å². The predicted molar refractivity (Wildman–Crippen MR) is 145 cm³/mol. The van der Waals surface area contributed by atoms with Crippen molar-refractivity contribution in [2.75, 3.05) is 18.5 Å². The Morgan fingerprint density at radius 3 is 2.22 bits per heavy atom. The van der Waals surface area contributed by atoms with Crippen LogP contribution < -0.4 is 10.6 Å². The lowest BCUT2D eigenvalue weighted by atomic mass is 10.0. The molecular weight excluding hydrogens is 470 g/mol. The Labute approximate surface area is 220 Å². The summed E-state index contributed by atoms with van der Waals surface area (Å²) in [4.78, 5) is 41.4. The Balaban J connectivity index is 2.43. The van der Waals surface area contributed by atoms with Gasteiger partial charge >= 0.3 is 6.09 Å². The Hall–Kier alpha value is -3.39. The van der Waals surface area contributed by atoms with Crippen LogP contribution in [0.4, 0.5) is 10.5 Å². The third-order valence-corrected chi connectivity index (χ3v) is 5.79. The molecule has 3 amide bonds. The third kappa shape index (κ3) is 9.53. The van der Waals surface area contributed by atoms with Gasteiger partial charge in [-0.25, -0.2) is 4.79 Å². The maximum Gasteiger partial charge on any atom is 0.408 e. The highest BCUT2D eigenvalue weighted by molar-refractivity contribution is 5.99. The minimum Gasteiger partial charge on any atom is -0.444 e. The van der Waals surface area contributed by atoms with Crippen molar-refractivity contribution in [3.63, 3.8) is 0 Å². The Morgan fingerprint density at radius 1 is 0.973 bits per heavy atom. The Kier molecular flexibility index (Phi) is 11.6. The first-order valence-corrected chi connectivity index (χ1v) is 12.9. The summed E-state index contributed by atoms with van der Waals surface area (Å²) in [6.45, 7) is 8.78. The van der Waals surface area contributed by atoms with E-state index in [0.29, 0.717) is 17.7 Å². The third-order valence-electron chi connectivity index (χ3n) is 5.79. The molecule has 0 bridgehead atoms. The normalized spacial score (nSPS) is 12.8. The van der Waals surface area contributed by atoms with Crippen molar-refractivity contribution in [1.82, 2.24) is 10.2 Å². The lowest BCUT2D eigenvalue weighted by Crippen LogP contribution is -2.54. The molecule has 0 saturated heterocycles. The SMILES string of the molecule is CCCCCCN(C(=O)C(CO)NC(=O)OC(C)(C)C)C(C(=O)Nc1ccccc1C)c1ccccc1. The van der Waals surface area contributed by atoms with Gasteiger partial charge < -0.3 is 25.4 Å². The molecule has 3 N–H and O–H groups in total. The number of ether oxygens (including phenoxy) is 1. The number of anilines is 1. The van der Waals surface area contributed by atoms with Gasteiger partial charge in [-0.2, -0.15) is 0 Å². The van der Waals surface area contributed by atoms with Crippen molar-refractivity contribution in [3.05, 3.63) is 65.7 Å². The number of para-hydroxylation sites is 1. The molecule has 202 valence electrons. The fraction of sp³-hybridized carbons (Fsp3) is 0.483. The number of alkyl carbamates (subject to hydrolysis) is 1. The summed E-state index contributed by atoms with van der Waals surface area (Å²) in [5.74, 6) is -0.933. The molecule has 2 aromatic carbocycles. The molecule has 37 heavy (non-hydrogen) atoms. The van der Waals surface area contributed by atoms with Crippen LogP contribution in [0.25, 0.3) is 0 Å². The number of aryl methyl sites for hydroxylation is 1. The molecule has 0 spiro atoms. The second kappa shape index (κ2) is 14.4. The van der Waals surface area contributed by atoms with Gasteiger partial charge in [0, 0.05) is 12.2 Å². The molecule has 8 nitrogen and oxygen atoms in total. The number of hydrogen-bond acceptors (Lipinski definition) is 5. The van der Waals surface area contributed by atoms with Gasteiger partial charge in [0.1, 0.15) is 17.7 Å². The Morgan fingerprint density at radius 2 is 1.62 bits per heavy atom. The van der Waals surface area contributed by atoms with Gasteiger partial charge in [0.15, 0.2) is 0 Å². The molecule has 0 radical (unpaired) electrons. The summed E-state index contributed by atoms with van der Waals surface area (Å²) in [6, 6.07) is 14.2. The monoisotopic (exact) mass is 511 g/mol. The number of rotatable bonds is 12. The molecule has 2 unspecified atom stereocenters. The minimum atomic E-state index is -1.27. The van der Waals surface area contributed by atoms with Crippen molar-refractivity contribution in [3.8, 4) is 0 Å². The van der Waals surface area contributed by atoms with Crippen LogP contribution in [0.5, 0.6) is 0 Å². The first-order chi connectivity index (χ1) is 17.6. The van der Waals surface area contributed by atoms with Crippen molar-refractivity contribution >= 4 is 23.6 Å². The predicted octanol–water partition coefficient (Wildman–Crippen LogP) is 4.97. The molecule has 0 aliphatic heterocycles. The van der Waals surface area contributed by atoms with Gasteiger partial charge in [-0.15, -0.1) is 0 Å². The molecule has 2 aromatic rings. The van der Waals surface area contributed by atoms with E-state index in [4.69, 9.17) is 4.74 Å². The standard InChI is InChI=1S/C29H41N3O5/c1-6-7-8-14-19-32(27(35)24(20-33)31-28(36)37-29(3,4)5)25(22-16-10-9-11-17-22)26(34)30-23-18-13-12-15-21(23)2/h9-13,15-18,24-25,33H,6-8,14,19-20H2,1-5H3,(H,30,34)(H,31,36). The molecule has 8 heteroatoms. The second-order valence-corrected chi connectivity index (χ2v) is 10.1. The molecule has 0 saturated carbocycles. The summed E-state index contributed by atoms with van der Waals surface area (Å²) in [7, 11) is 0. The van der Waals surface area contributed by atoms with Crippen LogP contribution >= 0.6 is 0 Å². The van der Waals surface area contributed by atoms with E-state index >= 15 is 0 Å². The molecule has 0 aliphatic carbocycles. The van der Waals surface area contributed by atoms with Crippen LogP contribution in [0.2, 0.25) is 0 Å². The number of carbonyl (C=O) groups is 3. The number of nitrogens with zero attached hydrogens (tertiary/aromatic N) is 1. The summed E-state index contributed by atoms with van der Waals surface area (Å²) < 4.78 is 5.29. The first-order valence-electron chi connectivity index (χ1n) is 12.9. The van der Waals surface area contributed by atoms with E-state index < -0.39 is 36.3 Å². The summed E-state index contributed by atoms with van der Waals surface area (Å²) in [6.07, 6.45) is 2.75. The number of amides is 3. The molecule has 2 rings (SSSR count). The van der Waals surface area contributed by atoms with Crippen molar-refractivity contribution in [2.24, 2.45) is 0 Å². The fourth-order valence-corrected chi connectivity index (χ4v) is 3.93. The number of unbranched alkanes of at least 4 members (excludes halogenated alkanes) is 3. The molecular formula is C29H41N3O5. The molecule has 0 aliphatic rings. The average molecular weight is 512 g/mol. The number of carbonyl (C=O) groups excluding carboxylic acids is 3. The van der Waals surface area contributed by atoms with Crippen molar-refractivity contribution in [1.29, 1.82) is 0 Å². The lowest BCUT2D eigenvalue weighted by Gasteiger charge is -2.34. The lowest BCUT2D eigenvalue weighted by molar-refractivity contribution is -0.141. The van der Waals surface area contributed by atoms with E-state index in [0.717, 1.165) is 24.8 Å². The minimum absolute atomic E-state index is 0.284. The zero-order valence-corrected chi connectivity index (χ0v) is 22.6. The topological polar surface area (TPSA) is 108 Å². The zero-order chi connectivity index (χ0) is 27.4. The highest BCUT2D eigenvalue weighted by Gasteiger charge is 2.36. The highest BCUT2D eigenvalue weighted by atomic mass is 16.6. The van der Waals surface area contributed by atoms with Crippen LogP contribution in [-0.4, -0.2) is 52.7 Å². The van der Waals surface area contributed by atoms with E-state index in [2.05, 4.69) is 17.6 Å². The second-order valence-electron chi connectivity index (χ2n) is 10.1. The van der Waals surface area contributed by atoms with Gasteiger partial charge in [0.2, 0.25) is 5.91 Å². The highest BCUT2D eigenvalue weighted by Crippen LogP contribution is 2.26. The molecule has 0 fully saturated rings. The van der Waals surface area contributed by atoms with Gasteiger partial charge in [-0.05, 0) is 51.3 Å². The largest absolute Gasteiger partial charge is 0.444 e. The number of benzene rings is 2. The van der Waals surface area contributed by atoms with Crippen LogP contribution in [0, 0.1) is 6.92 Å². The Bertz CT molecular complexity index is 1020. The maximum atomic E-state index is 13.8. The van der Waals surface area contributed by atoms with Gasteiger partial charge in [0.25, 0.3) is 5.91 Å². The maximum absolute atomic E-state index is 13.8. The van der Waals surface area contributed by atoms with E-state index in [1.165, 1.54) is 4.90 Å². The van der Waals surface area contributed by atoms with Crippen LogP contribution in [0.3, 0.4) is 0 Å². The molecule has 0 heterocycles. The summed E-state index contributed by atoms with van der Waals surface area (Å²) in [5, 5.41) is 15.5. The smallest absolute Gasteiger partial charge is 0.408 e. The average Bonchev–Trinajstić information content (AvgIpc) is 2.85. The molecule has 0 aromatic heterocycles. The van der Waals surface area contributed by atoms with E-state index in [1.807, 2.05) is 49.4 Å². The van der Waals surface area contributed by atoms with Crippen molar-refractivity contribution < 1.29 is 24.2 Å². The van der Waals surface area contributed by atoms with Gasteiger partial charge in [-0.1, -0.05) is 74.7 Å². The summed E-state index contributed by atoms with van der Waals surface area (Å²) in [5.41, 5.74) is 1.40. The summed E-state index contributed by atoms with van der Waals surface area (Å²) >= 11 is 0. The number of aliphatic hydroxyl groups excluding tert-OH is 1. The van der Waals surface area contributed by atoms with Gasteiger partial charge in [-0.3, -0.25) is 9.59 Å². The first kappa shape index (κ1) is 29.8. The number of nitrogens with one attached hydrogen (secondary N) is 2. The van der Waals surface area contributed by atoms with Crippen LogP contribution in [-0.2, 0) is 14.3 Å². The van der Waals surface area contributed by atoms with E-state index in [9.17, 15) is 19.5 Å². The van der Waals surface area contributed by atoms with Crippen molar-refractivity contribution in [2.45, 2.75) is 78.0 Å². The zero-order valence-electron chi connectivity index (χ0n) is 22.6. The van der Waals surface area contributed by atoms with Crippen LogP contribution in [0.1, 0.15) is 70.5 Å². The molecule has 2 atom stereocenters. The number of aliphatic hydroxyl groups is 1. The van der Waals surface area contributed by atoms with Gasteiger partial charge in [0.05, 0.1) is 6.61 Å².